The molecule has 10 atom stereocenters. The van der Waals surface area contributed by atoms with Crippen LogP contribution in [0.2, 0.25) is 0 Å². The van der Waals surface area contributed by atoms with Crippen molar-refractivity contribution in [3.8, 4) is 0 Å². The molecule has 0 aromatic carbocycles. The van der Waals surface area contributed by atoms with Gasteiger partial charge in [-0.15, -0.1) is 0 Å². The number of aliphatic hydroxyl groups is 1. The average Bonchev–Trinajstić information content (AvgIpc) is 3.39. The summed E-state index contributed by atoms with van der Waals surface area (Å²) in [4.78, 5) is 12.4. The Morgan fingerprint density at radius 1 is 1.03 bits per heavy atom. The summed E-state index contributed by atoms with van der Waals surface area (Å²) in [5, 5.41) is 11.9. The molecule has 1 aliphatic heterocycles. The first kappa shape index (κ1) is 22.3. The number of rotatable bonds is 4. The molecule has 4 unspecified atom stereocenters. The quantitative estimate of drug-likeness (QED) is 0.662. The molecule has 0 spiro atoms. The summed E-state index contributed by atoms with van der Waals surface area (Å²) in [6, 6.07) is 0. The monoisotopic (exact) mass is 432 g/mol. The van der Waals surface area contributed by atoms with Crippen molar-refractivity contribution in [1.82, 2.24) is 0 Å². The van der Waals surface area contributed by atoms with E-state index in [9.17, 15) is 9.90 Å². The average molecular weight is 433 g/mol. The summed E-state index contributed by atoms with van der Waals surface area (Å²) in [6.45, 7) is 11.0. The molecule has 1 saturated heterocycles. The Hall–Kier alpha value is -0.450. The maximum atomic E-state index is 12.4. The van der Waals surface area contributed by atoms with Gasteiger partial charge in [-0.3, -0.25) is 4.79 Å². The number of ether oxygens (including phenoxy) is 2. The van der Waals surface area contributed by atoms with E-state index in [0.29, 0.717) is 53.6 Å². The number of hydrogen-bond acceptors (Lipinski definition) is 4. The lowest BCUT2D eigenvalue weighted by Crippen LogP contribution is -2.62. The van der Waals surface area contributed by atoms with Gasteiger partial charge < -0.3 is 14.6 Å². The van der Waals surface area contributed by atoms with Crippen LogP contribution in [0.1, 0.15) is 85.5 Å². The van der Waals surface area contributed by atoms with E-state index in [0.717, 1.165) is 38.9 Å². The molecule has 1 N–H and O–H groups in total. The van der Waals surface area contributed by atoms with Crippen LogP contribution in [0.4, 0.5) is 0 Å². The zero-order chi connectivity index (χ0) is 22.0. The predicted octanol–water partition coefficient (Wildman–Crippen LogP) is 5.22. The van der Waals surface area contributed by atoms with Crippen molar-refractivity contribution in [3.05, 3.63) is 0 Å². The molecule has 0 amide bonds. The number of carbonyl (C=O) groups excluding carboxylic acids is 1. The topological polar surface area (TPSA) is 55.8 Å². The van der Waals surface area contributed by atoms with Crippen LogP contribution in [0, 0.1) is 52.3 Å². The van der Waals surface area contributed by atoms with E-state index in [-0.39, 0.29) is 23.2 Å². The molecular weight excluding hydrogens is 388 g/mol. The van der Waals surface area contributed by atoms with Gasteiger partial charge >= 0.3 is 0 Å². The van der Waals surface area contributed by atoms with Crippen LogP contribution in [-0.2, 0) is 14.3 Å². The van der Waals surface area contributed by atoms with Crippen molar-refractivity contribution in [2.75, 3.05) is 13.2 Å². The molecule has 5 rings (SSSR count). The van der Waals surface area contributed by atoms with Crippen LogP contribution >= 0.6 is 0 Å². The largest absolute Gasteiger partial charge is 0.393 e. The number of hydrogen-bond donors (Lipinski definition) is 1. The van der Waals surface area contributed by atoms with Crippen molar-refractivity contribution < 1.29 is 19.4 Å². The number of carbonyl (C=O) groups is 1. The van der Waals surface area contributed by atoms with Gasteiger partial charge in [0.2, 0.25) is 0 Å². The Labute approximate surface area is 188 Å². The summed E-state index contributed by atoms with van der Waals surface area (Å²) in [7, 11) is 0. The molecule has 5 fully saturated rings. The normalized spacial score (nSPS) is 51.3. The van der Waals surface area contributed by atoms with Gasteiger partial charge in [0.1, 0.15) is 5.78 Å². The maximum absolute atomic E-state index is 12.4. The fourth-order valence-electron chi connectivity index (χ4n) is 9.72. The molecule has 176 valence electrons. The predicted molar refractivity (Wildman–Crippen MR) is 120 cm³/mol. The SMILES string of the molecule is CCC[C@H]1C2CC(=O)CC[C@]2(C)C2CC[C@@]3(C)C(CC[C@@H]3[C@H](C)C3OCCO3)C2[C@@H]1O. The first-order valence-corrected chi connectivity index (χ1v) is 13.2. The highest BCUT2D eigenvalue weighted by atomic mass is 16.7. The minimum absolute atomic E-state index is 0.0475. The standard InChI is InChI=1S/C27H44O4/c1-5-6-18-22-15-17(28)9-11-27(22,4)21-10-12-26(3)19(16(2)25-30-13-14-31-25)7-8-20(26)23(21)24(18)29/h16,18-25,29H,5-15H2,1-4H3/t16-,18-,19+,20?,21?,22?,23?,24+,26+,27+/m0/s1. The highest BCUT2D eigenvalue weighted by Gasteiger charge is 2.65. The van der Waals surface area contributed by atoms with E-state index in [2.05, 4.69) is 27.7 Å². The Bertz CT molecular complexity index is 687. The van der Waals surface area contributed by atoms with E-state index >= 15 is 0 Å². The number of Topliss-reactive ketones (excluding diaryl/α,β-unsaturated/α-hetero) is 1. The molecule has 4 heteroatoms. The second-order valence-electron chi connectivity index (χ2n) is 12.3. The van der Waals surface area contributed by atoms with Gasteiger partial charge in [-0.2, -0.15) is 0 Å². The lowest BCUT2D eigenvalue weighted by Gasteiger charge is -2.64. The van der Waals surface area contributed by atoms with E-state index in [1.54, 1.807) is 0 Å². The van der Waals surface area contributed by atoms with E-state index in [4.69, 9.17) is 9.47 Å². The Morgan fingerprint density at radius 3 is 2.45 bits per heavy atom. The van der Waals surface area contributed by atoms with Crippen LogP contribution in [-0.4, -0.2) is 36.5 Å². The van der Waals surface area contributed by atoms with E-state index in [1.807, 2.05) is 0 Å². The highest BCUT2D eigenvalue weighted by Crippen LogP contribution is 2.69. The zero-order valence-corrected chi connectivity index (χ0v) is 20.1. The Morgan fingerprint density at radius 2 is 1.74 bits per heavy atom. The van der Waals surface area contributed by atoms with Crippen molar-refractivity contribution in [2.45, 2.75) is 97.9 Å². The lowest BCUT2D eigenvalue weighted by molar-refractivity contribution is -0.199. The second-order valence-corrected chi connectivity index (χ2v) is 12.3. The number of fused-ring (bicyclic) bond motifs is 5. The van der Waals surface area contributed by atoms with Gasteiger partial charge in [-0.1, -0.05) is 34.1 Å². The van der Waals surface area contributed by atoms with Crippen molar-refractivity contribution in [1.29, 1.82) is 0 Å². The van der Waals surface area contributed by atoms with Crippen LogP contribution in [0.25, 0.3) is 0 Å². The Kier molecular flexibility index (Phi) is 5.84. The van der Waals surface area contributed by atoms with Gasteiger partial charge in [0.05, 0.1) is 19.3 Å². The molecule has 4 nitrogen and oxygen atoms in total. The lowest BCUT2D eigenvalue weighted by atomic mass is 9.41. The third-order valence-electron chi connectivity index (χ3n) is 11.2. The number of ketones is 1. The molecule has 5 aliphatic rings. The summed E-state index contributed by atoms with van der Waals surface area (Å²) >= 11 is 0. The van der Waals surface area contributed by atoms with Crippen molar-refractivity contribution in [3.63, 3.8) is 0 Å². The minimum atomic E-state index is -0.244. The van der Waals surface area contributed by atoms with Crippen molar-refractivity contribution >= 4 is 5.78 Å². The molecule has 0 radical (unpaired) electrons. The molecule has 4 saturated carbocycles. The van der Waals surface area contributed by atoms with Gasteiger partial charge in [0.15, 0.2) is 6.29 Å². The first-order chi connectivity index (χ1) is 14.8. The molecule has 4 aliphatic carbocycles. The highest BCUT2D eigenvalue weighted by molar-refractivity contribution is 5.79. The molecule has 0 aromatic heterocycles. The zero-order valence-electron chi connectivity index (χ0n) is 20.1. The third kappa shape index (κ3) is 3.29. The second kappa shape index (κ2) is 8.09. The fraction of sp³-hybridized carbons (Fsp3) is 0.963. The van der Waals surface area contributed by atoms with E-state index in [1.165, 1.54) is 25.7 Å². The fourth-order valence-corrected chi connectivity index (χ4v) is 9.72. The van der Waals surface area contributed by atoms with Crippen molar-refractivity contribution in [2.24, 2.45) is 52.3 Å². The van der Waals surface area contributed by atoms with Crippen LogP contribution in [0.15, 0.2) is 0 Å². The first-order valence-electron chi connectivity index (χ1n) is 13.2. The summed E-state index contributed by atoms with van der Waals surface area (Å²) in [5.74, 6) is 3.68. The number of aliphatic hydroxyl groups excluding tert-OH is 1. The molecule has 1 heterocycles. The van der Waals surface area contributed by atoms with Gasteiger partial charge in [-0.25, -0.2) is 0 Å². The summed E-state index contributed by atoms with van der Waals surface area (Å²) < 4.78 is 11.8. The van der Waals surface area contributed by atoms with Crippen LogP contribution in [0.5, 0.6) is 0 Å². The van der Waals surface area contributed by atoms with Gasteiger partial charge in [0, 0.05) is 18.8 Å². The molecular formula is C27H44O4. The van der Waals surface area contributed by atoms with E-state index < -0.39 is 0 Å². The third-order valence-corrected chi connectivity index (χ3v) is 11.2. The Balaban J connectivity index is 1.46. The molecule has 0 bridgehead atoms. The maximum Gasteiger partial charge on any atom is 0.160 e. The van der Waals surface area contributed by atoms with Crippen LogP contribution < -0.4 is 0 Å². The van der Waals surface area contributed by atoms with Crippen LogP contribution in [0.3, 0.4) is 0 Å². The van der Waals surface area contributed by atoms with Gasteiger partial charge in [-0.05, 0) is 84.9 Å². The minimum Gasteiger partial charge on any atom is -0.393 e. The summed E-state index contributed by atoms with van der Waals surface area (Å²) in [5.41, 5.74) is 0.488. The van der Waals surface area contributed by atoms with Gasteiger partial charge in [0.25, 0.3) is 0 Å². The molecule has 31 heavy (non-hydrogen) atoms. The molecule has 0 aromatic rings. The summed E-state index contributed by atoms with van der Waals surface area (Å²) in [6.07, 6.45) is 9.29. The smallest absolute Gasteiger partial charge is 0.160 e.